The van der Waals surface area contributed by atoms with E-state index in [0.717, 1.165) is 0 Å². The zero-order valence-corrected chi connectivity index (χ0v) is 14.2. The molecule has 0 aliphatic carbocycles. The minimum atomic E-state index is -1.49. The molecule has 2 aromatic heterocycles. The van der Waals surface area contributed by atoms with Gasteiger partial charge in [0.05, 0.1) is 5.39 Å². The van der Waals surface area contributed by atoms with Gasteiger partial charge in [0.15, 0.2) is 6.23 Å². The number of benzene rings is 1. The summed E-state index contributed by atoms with van der Waals surface area (Å²) in [6, 6.07) is 11.0. The van der Waals surface area contributed by atoms with Gasteiger partial charge in [0.2, 0.25) is 0 Å². The van der Waals surface area contributed by atoms with Crippen LogP contribution in [0.1, 0.15) is 13.2 Å². The van der Waals surface area contributed by atoms with E-state index in [1.54, 1.807) is 16.8 Å². The molecule has 0 saturated carbocycles. The maximum absolute atomic E-state index is 10.8. The van der Waals surface area contributed by atoms with E-state index >= 15 is 0 Å². The van der Waals surface area contributed by atoms with Gasteiger partial charge in [-0.15, -0.1) is 0 Å². The number of anilines is 1. The van der Waals surface area contributed by atoms with Crippen molar-refractivity contribution in [3.63, 3.8) is 0 Å². The third-order valence-electron chi connectivity index (χ3n) is 4.78. The Kier molecular flexibility index (Phi) is 4.03. The molecule has 4 atom stereocenters. The lowest BCUT2D eigenvalue weighted by molar-refractivity contribution is -0.0765. The Morgan fingerprint density at radius 3 is 2.81 bits per heavy atom. The van der Waals surface area contributed by atoms with Gasteiger partial charge >= 0.3 is 0 Å². The topological polar surface area (TPSA) is 116 Å². The molecular weight excluding hydrogens is 336 g/mol. The minimum Gasteiger partial charge on any atom is -0.491 e. The van der Waals surface area contributed by atoms with Crippen LogP contribution in [0.2, 0.25) is 0 Å². The number of hydrogen-bond acceptors (Lipinski definition) is 7. The van der Waals surface area contributed by atoms with E-state index in [4.69, 9.17) is 15.2 Å². The van der Waals surface area contributed by atoms with Crippen LogP contribution < -0.4 is 10.5 Å². The second-order valence-corrected chi connectivity index (χ2v) is 6.53. The highest BCUT2D eigenvalue weighted by atomic mass is 16.6. The fraction of sp³-hybridized carbons (Fsp3) is 0.333. The molecule has 1 aliphatic rings. The molecule has 1 saturated heterocycles. The van der Waals surface area contributed by atoms with Crippen LogP contribution in [0, 0.1) is 0 Å². The standard InChI is InChI=1S/C18H20N4O4/c1-18(24)13(9-25-11-5-3-2-4-6-11)26-17(14(18)23)22-8-7-12-15(19)20-10-21-16(12)22/h2-8,10,13-14,17,23-24H,9H2,1H3,(H2,19,20,21)/t13-,14+,17-,18-/m1/s1. The molecule has 3 heterocycles. The zero-order chi connectivity index (χ0) is 18.3. The highest BCUT2D eigenvalue weighted by molar-refractivity contribution is 5.86. The van der Waals surface area contributed by atoms with E-state index in [0.29, 0.717) is 22.6 Å². The van der Waals surface area contributed by atoms with Gasteiger partial charge < -0.3 is 30.0 Å². The molecule has 1 fully saturated rings. The van der Waals surface area contributed by atoms with Crippen molar-refractivity contribution in [1.29, 1.82) is 0 Å². The van der Waals surface area contributed by atoms with Crippen LogP contribution in [0.25, 0.3) is 11.0 Å². The van der Waals surface area contributed by atoms with Crippen LogP contribution in [0.15, 0.2) is 48.9 Å². The third-order valence-corrected chi connectivity index (χ3v) is 4.78. The predicted molar refractivity (Wildman–Crippen MR) is 94.4 cm³/mol. The van der Waals surface area contributed by atoms with Gasteiger partial charge in [0, 0.05) is 6.20 Å². The first-order chi connectivity index (χ1) is 12.5. The molecule has 3 aromatic rings. The molecule has 8 nitrogen and oxygen atoms in total. The Labute approximate surface area is 149 Å². The molecule has 136 valence electrons. The molecule has 0 radical (unpaired) electrons. The van der Waals surface area contributed by atoms with E-state index < -0.39 is 24.0 Å². The number of hydrogen-bond donors (Lipinski definition) is 3. The Morgan fingerprint density at radius 1 is 1.27 bits per heavy atom. The number of nitrogen functional groups attached to an aromatic ring is 1. The van der Waals surface area contributed by atoms with Crippen molar-refractivity contribution in [3.05, 3.63) is 48.9 Å². The second-order valence-electron chi connectivity index (χ2n) is 6.53. The van der Waals surface area contributed by atoms with Gasteiger partial charge in [-0.3, -0.25) is 0 Å². The quantitative estimate of drug-likeness (QED) is 0.641. The Balaban J connectivity index is 1.59. The average molecular weight is 356 g/mol. The maximum Gasteiger partial charge on any atom is 0.164 e. The number of aliphatic hydroxyl groups is 2. The number of aromatic nitrogens is 3. The molecular formula is C18H20N4O4. The first-order valence-corrected chi connectivity index (χ1v) is 8.29. The van der Waals surface area contributed by atoms with Crippen molar-refractivity contribution in [1.82, 2.24) is 14.5 Å². The number of para-hydroxylation sites is 1. The minimum absolute atomic E-state index is 0.0981. The van der Waals surface area contributed by atoms with Crippen molar-refractivity contribution in [2.75, 3.05) is 12.3 Å². The van der Waals surface area contributed by atoms with Gasteiger partial charge in [-0.2, -0.15) is 0 Å². The van der Waals surface area contributed by atoms with E-state index in [1.807, 2.05) is 30.3 Å². The lowest BCUT2D eigenvalue weighted by Gasteiger charge is -2.26. The van der Waals surface area contributed by atoms with Crippen LogP contribution >= 0.6 is 0 Å². The number of nitrogens with zero attached hydrogens (tertiary/aromatic N) is 3. The second kappa shape index (κ2) is 6.24. The summed E-state index contributed by atoms with van der Waals surface area (Å²) in [5.41, 5.74) is 4.90. The summed E-state index contributed by atoms with van der Waals surface area (Å²) < 4.78 is 13.3. The van der Waals surface area contributed by atoms with Crippen molar-refractivity contribution < 1.29 is 19.7 Å². The number of rotatable bonds is 4. The lowest BCUT2D eigenvalue weighted by Crippen LogP contribution is -2.47. The number of nitrogens with two attached hydrogens (primary N) is 1. The summed E-state index contributed by atoms with van der Waals surface area (Å²) in [5.74, 6) is 1.01. The molecule has 0 unspecified atom stereocenters. The largest absolute Gasteiger partial charge is 0.491 e. The van der Waals surface area contributed by atoms with Gasteiger partial charge in [-0.25, -0.2) is 9.97 Å². The van der Waals surface area contributed by atoms with Gasteiger partial charge in [0.25, 0.3) is 0 Å². The Hall–Kier alpha value is -2.68. The molecule has 26 heavy (non-hydrogen) atoms. The van der Waals surface area contributed by atoms with Crippen LogP contribution in [0.4, 0.5) is 5.82 Å². The van der Waals surface area contributed by atoms with E-state index in [2.05, 4.69) is 9.97 Å². The molecule has 8 heteroatoms. The summed E-state index contributed by atoms with van der Waals surface area (Å²) in [4.78, 5) is 8.17. The molecule has 0 bridgehead atoms. The normalized spacial score (nSPS) is 28.5. The summed E-state index contributed by atoms with van der Waals surface area (Å²) >= 11 is 0. The molecule has 4 rings (SSSR count). The van der Waals surface area contributed by atoms with Gasteiger partial charge in [-0.1, -0.05) is 18.2 Å². The SMILES string of the molecule is C[C@@]1(O)[C@@H](COc2ccccc2)O[C@@H](n2ccc3c(N)ncnc32)[C@@H]1O. The van der Waals surface area contributed by atoms with Gasteiger partial charge in [-0.05, 0) is 25.1 Å². The summed E-state index contributed by atoms with van der Waals surface area (Å²) in [5, 5.41) is 22.1. The zero-order valence-electron chi connectivity index (χ0n) is 14.2. The summed E-state index contributed by atoms with van der Waals surface area (Å²) in [7, 11) is 0. The molecule has 0 spiro atoms. The Morgan fingerprint density at radius 2 is 2.04 bits per heavy atom. The fourth-order valence-corrected chi connectivity index (χ4v) is 3.17. The first kappa shape index (κ1) is 16.8. The smallest absolute Gasteiger partial charge is 0.164 e. The molecule has 4 N–H and O–H groups in total. The van der Waals surface area contributed by atoms with E-state index in [-0.39, 0.29) is 6.61 Å². The first-order valence-electron chi connectivity index (χ1n) is 8.29. The van der Waals surface area contributed by atoms with Crippen molar-refractivity contribution >= 4 is 16.9 Å². The average Bonchev–Trinajstić information content (AvgIpc) is 3.15. The Bertz CT molecular complexity index is 912. The molecule has 1 aromatic carbocycles. The highest BCUT2D eigenvalue weighted by Crippen LogP contribution is 2.39. The van der Waals surface area contributed by atoms with E-state index in [9.17, 15) is 10.2 Å². The third kappa shape index (κ3) is 2.68. The van der Waals surface area contributed by atoms with Crippen molar-refractivity contribution in [2.45, 2.75) is 31.0 Å². The van der Waals surface area contributed by atoms with Crippen molar-refractivity contribution in [3.8, 4) is 5.75 Å². The molecule has 0 amide bonds. The number of ether oxygens (including phenoxy) is 2. The van der Waals surface area contributed by atoms with E-state index in [1.165, 1.54) is 13.3 Å². The maximum atomic E-state index is 10.8. The predicted octanol–water partition coefficient (Wildman–Crippen LogP) is 1.10. The van der Waals surface area contributed by atoms with Crippen molar-refractivity contribution in [2.24, 2.45) is 0 Å². The lowest BCUT2D eigenvalue weighted by atomic mass is 9.95. The van der Waals surface area contributed by atoms with Gasteiger partial charge in [0.1, 0.15) is 48.0 Å². The van der Waals surface area contributed by atoms with Crippen LogP contribution in [-0.4, -0.2) is 49.2 Å². The number of aliphatic hydroxyl groups excluding tert-OH is 1. The number of fused-ring (bicyclic) bond motifs is 1. The monoisotopic (exact) mass is 356 g/mol. The van der Waals surface area contributed by atoms with Crippen LogP contribution in [0.3, 0.4) is 0 Å². The highest BCUT2D eigenvalue weighted by Gasteiger charge is 2.53. The summed E-state index contributed by atoms with van der Waals surface area (Å²) in [6.45, 7) is 1.63. The summed E-state index contributed by atoms with van der Waals surface area (Å²) in [6.07, 6.45) is 0.350. The fourth-order valence-electron chi connectivity index (χ4n) is 3.17. The van der Waals surface area contributed by atoms with Crippen LogP contribution in [-0.2, 0) is 4.74 Å². The molecule has 1 aliphatic heterocycles. The van der Waals surface area contributed by atoms with Crippen LogP contribution in [0.5, 0.6) is 5.75 Å².